The second kappa shape index (κ2) is 6.93. The standard InChI is InChI=1S/C24H24N2O2/c1-27-22-13-18-16-8-4-6-10-21(16)26-24(19(18)14-23(22)28-2)17-11-12-25-20-9-5-3-7-15(17)20/h3,5,7,9,11-14,16,21H,4,6,8,10H2,1-2H3. The Morgan fingerprint density at radius 3 is 2.54 bits per heavy atom. The monoisotopic (exact) mass is 372 g/mol. The minimum absolute atomic E-state index is 0.335. The van der Waals surface area contributed by atoms with Crippen molar-refractivity contribution in [3.63, 3.8) is 0 Å². The van der Waals surface area contributed by atoms with Crippen LogP contribution in [0.25, 0.3) is 10.9 Å². The average Bonchev–Trinajstić information content (AvgIpc) is 2.77. The third kappa shape index (κ3) is 2.67. The number of aliphatic imine (C=N–C) groups is 1. The zero-order valence-electron chi connectivity index (χ0n) is 16.3. The summed E-state index contributed by atoms with van der Waals surface area (Å²) in [5, 5.41) is 1.14. The normalized spacial score (nSPS) is 20.9. The van der Waals surface area contributed by atoms with Crippen LogP contribution in [0.1, 0.15) is 48.3 Å². The van der Waals surface area contributed by atoms with Gasteiger partial charge in [0.05, 0.1) is 31.5 Å². The van der Waals surface area contributed by atoms with Crippen LogP contribution in [-0.4, -0.2) is 31.0 Å². The van der Waals surface area contributed by atoms with E-state index in [0.29, 0.717) is 12.0 Å². The Balaban J connectivity index is 1.77. The van der Waals surface area contributed by atoms with E-state index < -0.39 is 0 Å². The Labute approximate surface area is 165 Å². The Hall–Kier alpha value is -2.88. The number of hydrogen-bond donors (Lipinski definition) is 0. The minimum Gasteiger partial charge on any atom is -0.493 e. The first-order valence-corrected chi connectivity index (χ1v) is 9.98. The second-order valence-corrected chi connectivity index (χ2v) is 7.61. The van der Waals surface area contributed by atoms with Gasteiger partial charge < -0.3 is 9.47 Å². The van der Waals surface area contributed by atoms with Crippen LogP contribution < -0.4 is 9.47 Å². The predicted octanol–water partition coefficient (Wildman–Crippen LogP) is 5.13. The molecule has 0 spiro atoms. The summed E-state index contributed by atoms with van der Waals surface area (Å²) in [5.74, 6) is 2.01. The number of methoxy groups -OCH3 is 2. The summed E-state index contributed by atoms with van der Waals surface area (Å²) >= 11 is 0. The first-order chi connectivity index (χ1) is 13.8. The maximum absolute atomic E-state index is 5.62. The average molecular weight is 372 g/mol. The number of pyridine rings is 1. The molecule has 1 fully saturated rings. The second-order valence-electron chi connectivity index (χ2n) is 7.61. The fourth-order valence-corrected chi connectivity index (χ4v) is 4.79. The van der Waals surface area contributed by atoms with Crippen LogP contribution in [0, 0.1) is 0 Å². The Kier molecular flexibility index (Phi) is 4.27. The van der Waals surface area contributed by atoms with E-state index in [4.69, 9.17) is 14.5 Å². The lowest BCUT2D eigenvalue weighted by Crippen LogP contribution is -2.29. The molecule has 2 aromatic carbocycles. The zero-order chi connectivity index (χ0) is 19.1. The van der Waals surface area contributed by atoms with Crippen molar-refractivity contribution in [1.82, 2.24) is 4.98 Å². The molecule has 0 bridgehead atoms. The van der Waals surface area contributed by atoms with E-state index in [1.807, 2.05) is 12.3 Å². The smallest absolute Gasteiger partial charge is 0.161 e. The summed E-state index contributed by atoms with van der Waals surface area (Å²) in [7, 11) is 3.39. The van der Waals surface area contributed by atoms with E-state index in [-0.39, 0.29) is 0 Å². The molecule has 0 radical (unpaired) electrons. The fraction of sp³-hybridized carbons (Fsp3) is 0.333. The van der Waals surface area contributed by atoms with Crippen molar-refractivity contribution >= 4 is 16.6 Å². The highest BCUT2D eigenvalue weighted by molar-refractivity contribution is 6.20. The number of rotatable bonds is 3. The van der Waals surface area contributed by atoms with E-state index in [1.54, 1.807) is 14.2 Å². The molecule has 2 unspecified atom stereocenters. The van der Waals surface area contributed by atoms with E-state index in [1.165, 1.54) is 24.8 Å². The molecule has 4 heteroatoms. The summed E-state index contributed by atoms with van der Waals surface area (Å²) in [6, 6.07) is 15.0. The summed E-state index contributed by atoms with van der Waals surface area (Å²) in [6.45, 7) is 0. The van der Waals surface area contributed by atoms with Gasteiger partial charge in [0.15, 0.2) is 11.5 Å². The Morgan fingerprint density at radius 2 is 1.68 bits per heavy atom. The Morgan fingerprint density at radius 1 is 0.893 bits per heavy atom. The zero-order valence-corrected chi connectivity index (χ0v) is 16.3. The van der Waals surface area contributed by atoms with Gasteiger partial charge in [-0.2, -0.15) is 0 Å². The van der Waals surface area contributed by atoms with Crippen molar-refractivity contribution in [3.05, 3.63) is 65.4 Å². The fourth-order valence-electron chi connectivity index (χ4n) is 4.79. The molecule has 2 aliphatic rings. The van der Waals surface area contributed by atoms with Crippen LogP contribution in [0.5, 0.6) is 11.5 Å². The van der Waals surface area contributed by atoms with Crippen LogP contribution in [0.15, 0.2) is 53.7 Å². The quantitative estimate of drug-likeness (QED) is 0.640. The van der Waals surface area contributed by atoms with Gasteiger partial charge in [-0.25, -0.2) is 0 Å². The molecule has 0 N–H and O–H groups in total. The van der Waals surface area contributed by atoms with Crippen LogP contribution >= 0.6 is 0 Å². The molecule has 5 rings (SSSR count). The Bertz CT molecular complexity index is 1070. The molecule has 1 aliphatic heterocycles. The van der Waals surface area contributed by atoms with Crippen molar-refractivity contribution in [3.8, 4) is 11.5 Å². The van der Waals surface area contributed by atoms with Gasteiger partial charge in [0.2, 0.25) is 0 Å². The van der Waals surface area contributed by atoms with Gasteiger partial charge >= 0.3 is 0 Å². The molecule has 1 aromatic heterocycles. The molecular weight excluding hydrogens is 348 g/mol. The topological polar surface area (TPSA) is 43.7 Å². The maximum atomic E-state index is 5.62. The van der Waals surface area contributed by atoms with E-state index >= 15 is 0 Å². The molecule has 0 amide bonds. The van der Waals surface area contributed by atoms with Gasteiger partial charge in [-0.05, 0) is 42.7 Å². The van der Waals surface area contributed by atoms with Gasteiger partial charge in [0.1, 0.15) is 0 Å². The lowest BCUT2D eigenvalue weighted by Gasteiger charge is -2.36. The first-order valence-electron chi connectivity index (χ1n) is 9.98. The van der Waals surface area contributed by atoms with Crippen LogP contribution in [0.2, 0.25) is 0 Å². The maximum Gasteiger partial charge on any atom is 0.161 e. The van der Waals surface area contributed by atoms with E-state index in [0.717, 1.165) is 45.7 Å². The number of benzene rings is 2. The van der Waals surface area contributed by atoms with Crippen LogP contribution in [-0.2, 0) is 0 Å². The molecule has 2 heterocycles. The predicted molar refractivity (Wildman–Crippen MR) is 112 cm³/mol. The highest BCUT2D eigenvalue weighted by atomic mass is 16.5. The number of para-hydroxylation sites is 1. The molecule has 1 aliphatic carbocycles. The van der Waals surface area contributed by atoms with Gasteiger partial charge in [0, 0.05) is 28.6 Å². The van der Waals surface area contributed by atoms with Crippen LogP contribution in [0.4, 0.5) is 0 Å². The van der Waals surface area contributed by atoms with Gasteiger partial charge in [-0.15, -0.1) is 0 Å². The molecule has 4 nitrogen and oxygen atoms in total. The summed E-state index contributed by atoms with van der Waals surface area (Å²) in [4.78, 5) is 9.82. The van der Waals surface area contributed by atoms with Crippen molar-refractivity contribution in [2.75, 3.05) is 14.2 Å². The highest BCUT2D eigenvalue weighted by Gasteiger charge is 2.35. The lowest BCUT2D eigenvalue weighted by atomic mass is 9.74. The third-order valence-corrected chi connectivity index (χ3v) is 6.14. The summed E-state index contributed by atoms with van der Waals surface area (Å²) in [6.07, 6.45) is 6.72. The molecule has 1 saturated carbocycles. The number of hydrogen-bond acceptors (Lipinski definition) is 4. The van der Waals surface area contributed by atoms with Gasteiger partial charge in [-0.1, -0.05) is 31.0 Å². The first kappa shape index (κ1) is 17.2. The van der Waals surface area contributed by atoms with Gasteiger partial charge in [0.25, 0.3) is 0 Å². The van der Waals surface area contributed by atoms with Crippen molar-refractivity contribution < 1.29 is 9.47 Å². The molecule has 3 aromatic rings. The SMILES string of the molecule is COc1cc2c(cc1OC)C1CCCCC1N=C2c1ccnc2ccccc12. The van der Waals surface area contributed by atoms with E-state index in [9.17, 15) is 0 Å². The van der Waals surface area contributed by atoms with Crippen LogP contribution in [0.3, 0.4) is 0 Å². The van der Waals surface area contributed by atoms with Crippen molar-refractivity contribution in [1.29, 1.82) is 0 Å². The number of aromatic nitrogens is 1. The van der Waals surface area contributed by atoms with Crippen molar-refractivity contribution in [2.24, 2.45) is 4.99 Å². The number of nitrogens with zero attached hydrogens (tertiary/aromatic N) is 2. The van der Waals surface area contributed by atoms with Crippen molar-refractivity contribution in [2.45, 2.75) is 37.6 Å². The third-order valence-electron chi connectivity index (χ3n) is 6.14. The lowest BCUT2D eigenvalue weighted by molar-refractivity contribution is 0.349. The number of fused-ring (bicyclic) bond motifs is 4. The molecule has 142 valence electrons. The molecule has 0 saturated heterocycles. The summed E-state index contributed by atoms with van der Waals surface area (Å²) in [5.41, 5.74) is 5.70. The minimum atomic E-state index is 0.335. The van der Waals surface area contributed by atoms with E-state index in [2.05, 4.69) is 41.4 Å². The highest BCUT2D eigenvalue weighted by Crippen LogP contribution is 2.45. The molecule has 2 atom stereocenters. The number of ether oxygens (including phenoxy) is 2. The molecule has 28 heavy (non-hydrogen) atoms. The summed E-state index contributed by atoms with van der Waals surface area (Å²) < 4.78 is 11.2. The molecular formula is C24H24N2O2. The largest absolute Gasteiger partial charge is 0.493 e. The van der Waals surface area contributed by atoms with Gasteiger partial charge in [-0.3, -0.25) is 9.98 Å².